The Morgan fingerprint density at radius 1 is 0.655 bits per heavy atom. The van der Waals surface area contributed by atoms with Crippen molar-refractivity contribution in [1.29, 1.82) is 0 Å². The van der Waals surface area contributed by atoms with Crippen molar-refractivity contribution in [3.05, 3.63) is 137 Å². The van der Waals surface area contributed by atoms with E-state index in [9.17, 15) is 54.3 Å². The normalized spacial score (nSPS) is 22.0. The SMILES string of the molecule is COCCNC(=O)c1cc(COC(=O)N2c3cc(OCCCOc4cc5c(cc4OC)C(=O)N4C=C(c6ccc(OC)cc6)C[C@H]4C(=O)N5)c(OC)cc3C(=O)N3C=C(c4ccc(OC)cc4)C[C@H]3C2O)ccc1O[C@@H]1O[C@H](C(=O)O)[C@@H](O)[C@H](O)[C@H]1O. The summed E-state index contributed by atoms with van der Waals surface area (Å²) in [7, 11) is 7.30. The Morgan fingerprint density at radius 3 is 1.89 bits per heavy atom. The summed E-state index contributed by atoms with van der Waals surface area (Å²) in [5.74, 6) is -2.19. The van der Waals surface area contributed by atoms with E-state index >= 15 is 0 Å². The van der Waals surface area contributed by atoms with Gasteiger partial charge in [0, 0.05) is 51.0 Å². The van der Waals surface area contributed by atoms with E-state index in [-0.39, 0.29) is 114 Å². The summed E-state index contributed by atoms with van der Waals surface area (Å²) in [6.45, 7) is -0.432. The number of methoxy groups -OCH3 is 5. The molecule has 26 heteroatoms. The number of anilines is 2. The van der Waals surface area contributed by atoms with Crippen LogP contribution >= 0.6 is 0 Å². The van der Waals surface area contributed by atoms with Gasteiger partial charge >= 0.3 is 12.1 Å². The summed E-state index contributed by atoms with van der Waals surface area (Å²) in [4.78, 5) is 86.4. The number of fused-ring (bicyclic) bond motifs is 4. The highest BCUT2D eigenvalue weighted by atomic mass is 16.7. The number of amides is 5. The van der Waals surface area contributed by atoms with Crippen molar-refractivity contribution < 1.29 is 102 Å². The Labute approximate surface area is 497 Å². The third-order valence-corrected chi connectivity index (χ3v) is 15.3. The largest absolute Gasteiger partial charge is 0.497 e. The molecular formula is C61H63N5O21. The Hall–Kier alpha value is -9.44. The van der Waals surface area contributed by atoms with Crippen molar-refractivity contribution >= 4 is 58.2 Å². The van der Waals surface area contributed by atoms with Crippen LogP contribution in [0, 0.1) is 0 Å². The lowest BCUT2D eigenvalue weighted by molar-refractivity contribution is -0.271. The van der Waals surface area contributed by atoms with Crippen LogP contribution < -0.4 is 48.7 Å². The maximum absolute atomic E-state index is 14.8. The fourth-order valence-corrected chi connectivity index (χ4v) is 10.7. The first-order valence-electron chi connectivity index (χ1n) is 27.4. The summed E-state index contributed by atoms with van der Waals surface area (Å²) < 4.78 is 56.4. The van der Waals surface area contributed by atoms with E-state index in [0.29, 0.717) is 17.1 Å². The van der Waals surface area contributed by atoms with Crippen LogP contribution in [0.25, 0.3) is 11.1 Å². The van der Waals surface area contributed by atoms with Gasteiger partial charge in [0.2, 0.25) is 12.2 Å². The Bertz CT molecular complexity index is 3520. The van der Waals surface area contributed by atoms with Crippen LogP contribution in [0.5, 0.6) is 40.2 Å². The Balaban J connectivity index is 0.884. The van der Waals surface area contributed by atoms with Gasteiger partial charge < -0.3 is 93.3 Å². The Kier molecular flexibility index (Phi) is 18.2. The molecule has 0 aromatic heterocycles. The van der Waals surface area contributed by atoms with Crippen molar-refractivity contribution in [3.8, 4) is 40.2 Å². The molecule has 5 heterocycles. The molecule has 8 atom stereocenters. The molecule has 0 bridgehead atoms. The van der Waals surface area contributed by atoms with Gasteiger partial charge in [-0.05, 0) is 82.8 Å². The van der Waals surface area contributed by atoms with Gasteiger partial charge in [0.15, 0.2) is 35.3 Å². The number of aliphatic carboxylic acids is 1. The lowest BCUT2D eigenvalue weighted by Gasteiger charge is -2.38. The molecule has 0 radical (unpaired) electrons. The minimum atomic E-state index is -2.01. The Morgan fingerprint density at radius 2 is 1.26 bits per heavy atom. The molecule has 0 spiro atoms. The van der Waals surface area contributed by atoms with E-state index in [4.69, 9.17) is 47.4 Å². The number of aliphatic hydroxyl groups excluding tert-OH is 4. The first kappa shape index (κ1) is 60.7. The molecule has 5 aliphatic heterocycles. The zero-order chi connectivity index (χ0) is 61.8. The number of aliphatic hydroxyl groups is 4. The maximum Gasteiger partial charge on any atom is 0.416 e. The molecule has 0 saturated carbocycles. The number of hydrogen-bond acceptors (Lipinski definition) is 20. The van der Waals surface area contributed by atoms with E-state index in [0.717, 1.165) is 21.6 Å². The molecule has 7 N–H and O–H groups in total. The summed E-state index contributed by atoms with van der Waals surface area (Å²) in [6, 6.07) is 22.3. The van der Waals surface area contributed by atoms with Crippen LogP contribution in [-0.4, -0.2) is 182 Å². The molecule has 1 saturated heterocycles. The number of carbonyl (C=O) groups excluding carboxylic acids is 5. The van der Waals surface area contributed by atoms with Crippen LogP contribution in [0.1, 0.15) is 67.0 Å². The molecule has 5 amide bonds. The summed E-state index contributed by atoms with van der Waals surface area (Å²) >= 11 is 0. The molecule has 26 nitrogen and oxygen atoms in total. The van der Waals surface area contributed by atoms with E-state index in [1.807, 2.05) is 12.1 Å². The smallest absolute Gasteiger partial charge is 0.416 e. The number of carboxylic acids is 1. The maximum atomic E-state index is 14.8. The highest BCUT2D eigenvalue weighted by Crippen LogP contribution is 2.45. The topological polar surface area (TPSA) is 330 Å². The summed E-state index contributed by atoms with van der Waals surface area (Å²) in [5.41, 5.74) is 3.24. The van der Waals surface area contributed by atoms with Gasteiger partial charge in [0.05, 0.1) is 82.4 Å². The molecule has 458 valence electrons. The second-order valence-electron chi connectivity index (χ2n) is 20.6. The summed E-state index contributed by atoms with van der Waals surface area (Å²) in [6.07, 6.45) is -8.88. The summed E-state index contributed by atoms with van der Waals surface area (Å²) in [5, 5.41) is 58.9. The number of nitrogens with zero attached hydrogens (tertiary/aromatic N) is 3. The minimum absolute atomic E-state index is 0.0221. The van der Waals surface area contributed by atoms with Gasteiger partial charge in [-0.2, -0.15) is 0 Å². The fourth-order valence-electron chi connectivity index (χ4n) is 10.7. The average Bonchev–Trinajstić information content (AvgIpc) is 1.77. The van der Waals surface area contributed by atoms with Crippen molar-refractivity contribution in [3.63, 3.8) is 0 Å². The predicted molar refractivity (Wildman–Crippen MR) is 306 cm³/mol. The molecule has 5 aliphatic rings. The molecular weight excluding hydrogens is 1140 g/mol. The van der Waals surface area contributed by atoms with Crippen LogP contribution in [-0.2, 0) is 30.4 Å². The van der Waals surface area contributed by atoms with Gasteiger partial charge in [-0.3, -0.25) is 19.2 Å². The monoisotopic (exact) mass is 1200 g/mol. The van der Waals surface area contributed by atoms with Gasteiger partial charge in [0.25, 0.3) is 17.7 Å². The van der Waals surface area contributed by atoms with Crippen LogP contribution in [0.3, 0.4) is 0 Å². The van der Waals surface area contributed by atoms with E-state index < -0.39 is 85.4 Å². The lowest BCUT2D eigenvalue weighted by atomic mass is 9.99. The minimum Gasteiger partial charge on any atom is -0.497 e. The first-order chi connectivity index (χ1) is 41.9. The molecule has 5 aromatic rings. The number of ether oxygens (including phenoxy) is 10. The molecule has 1 unspecified atom stereocenters. The van der Waals surface area contributed by atoms with E-state index in [1.54, 1.807) is 55.9 Å². The first-order valence-corrected chi connectivity index (χ1v) is 27.4. The third kappa shape index (κ3) is 12.4. The molecule has 10 rings (SSSR count). The van der Waals surface area contributed by atoms with Crippen LogP contribution in [0.15, 0.2) is 103 Å². The molecule has 5 aromatic carbocycles. The van der Waals surface area contributed by atoms with Gasteiger partial charge in [0.1, 0.15) is 48.2 Å². The van der Waals surface area contributed by atoms with Crippen molar-refractivity contribution in [2.45, 2.75) is 74.9 Å². The number of hydrogen-bond donors (Lipinski definition) is 7. The molecule has 1 fully saturated rings. The fraction of sp³-hybridized carbons (Fsp3) is 0.344. The van der Waals surface area contributed by atoms with Crippen molar-refractivity contribution in [1.82, 2.24) is 15.1 Å². The quantitative estimate of drug-likeness (QED) is 0.0507. The zero-order valence-corrected chi connectivity index (χ0v) is 47.7. The van der Waals surface area contributed by atoms with Gasteiger partial charge in [-0.1, -0.05) is 30.3 Å². The second-order valence-corrected chi connectivity index (χ2v) is 20.6. The number of nitrogens with one attached hydrogen (secondary N) is 2. The molecule has 0 aliphatic carbocycles. The highest BCUT2D eigenvalue weighted by molar-refractivity contribution is 6.12. The standard InChI is InChI=1S/C61H63N5O21/c1-78-20-17-62-54(70)40-21-31(7-16-45(40)86-60-52(69)50(67)51(68)53(87-60)59(75)76)30-85-61(77)66-42-27-49(47(82-5)25-39(42)57(73)65-29-35(23-44(65)58(66)74)33-10-14-37(80-3)15-11-33)84-19-6-18-83-48-26-41-38(24-46(48)81-4)56(72)64-28-34(22-43(64)55(71)63-41)32-8-12-36(79-2)13-9-32/h7-16,21,24-29,43-44,50-53,58,60,67-69,74H,6,17-20,22-23,30H2,1-5H3,(H,62,70)(H,63,71)(H,75,76)/t43-,44-,50-,51-,52+,53-,58?,60+/m0/s1. The number of carboxylic acid groups (broad SMARTS) is 1. The third-order valence-electron chi connectivity index (χ3n) is 15.3. The van der Waals surface area contributed by atoms with E-state index in [2.05, 4.69) is 10.6 Å². The number of rotatable bonds is 21. The highest BCUT2D eigenvalue weighted by Gasteiger charge is 2.49. The zero-order valence-electron chi connectivity index (χ0n) is 47.7. The lowest BCUT2D eigenvalue weighted by Crippen LogP contribution is -2.61. The van der Waals surface area contributed by atoms with Gasteiger partial charge in [-0.15, -0.1) is 0 Å². The van der Waals surface area contributed by atoms with Crippen LogP contribution in [0.4, 0.5) is 16.2 Å². The van der Waals surface area contributed by atoms with Gasteiger partial charge in [-0.25, -0.2) is 14.5 Å². The van der Waals surface area contributed by atoms with Crippen molar-refractivity contribution in [2.75, 3.05) is 72.1 Å². The second kappa shape index (κ2) is 26.0. The number of benzene rings is 5. The predicted octanol–water partition coefficient (Wildman–Crippen LogP) is 4.15. The average molecular weight is 1200 g/mol. The number of carbonyl (C=O) groups is 6. The van der Waals surface area contributed by atoms with Crippen LogP contribution in [0.2, 0.25) is 0 Å². The van der Waals surface area contributed by atoms with E-state index in [1.165, 1.54) is 80.7 Å². The van der Waals surface area contributed by atoms with Crippen molar-refractivity contribution in [2.24, 2.45) is 0 Å². The molecule has 87 heavy (non-hydrogen) atoms.